The molecule has 0 saturated carbocycles. The minimum Gasteiger partial charge on any atom is -0.326 e. The molecular weight excluding hydrogens is 257 g/mol. The molecule has 2 rings (SSSR count). The second-order valence-corrected chi connectivity index (χ2v) is 4.61. The number of anilines is 1. The van der Waals surface area contributed by atoms with Crippen LogP contribution in [0.1, 0.15) is 18.4 Å². The van der Waals surface area contributed by atoms with Crippen LogP contribution in [0.3, 0.4) is 0 Å². The third-order valence-electron chi connectivity index (χ3n) is 3.13. The third-order valence-corrected chi connectivity index (χ3v) is 3.13. The smallest absolute Gasteiger partial charge is 0.326 e. The molecule has 1 aliphatic rings. The van der Waals surface area contributed by atoms with Crippen LogP contribution in [0.2, 0.25) is 0 Å². The van der Waals surface area contributed by atoms with Crippen molar-refractivity contribution >= 4 is 11.6 Å². The van der Waals surface area contributed by atoms with Gasteiger partial charge in [0.2, 0.25) is 5.91 Å². The minimum atomic E-state index is -4.40. The normalized spacial score (nSPS) is 20.1. The molecule has 1 aliphatic heterocycles. The van der Waals surface area contributed by atoms with E-state index in [-0.39, 0.29) is 17.5 Å². The highest BCUT2D eigenvalue weighted by Crippen LogP contribution is 2.30. The molecular formula is C13H15F3N2O. The molecule has 104 valence electrons. The Balaban J connectivity index is 2.04. The zero-order valence-electron chi connectivity index (χ0n) is 10.3. The van der Waals surface area contributed by atoms with Gasteiger partial charge in [0.25, 0.3) is 0 Å². The van der Waals surface area contributed by atoms with Crippen molar-refractivity contribution in [2.75, 3.05) is 18.4 Å². The van der Waals surface area contributed by atoms with Gasteiger partial charge >= 0.3 is 6.18 Å². The largest absolute Gasteiger partial charge is 0.416 e. The first kappa shape index (κ1) is 13.9. The van der Waals surface area contributed by atoms with Crippen molar-refractivity contribution in [1.82, 2.24) is 5.32 Å². The summed E-state index contributed by atoms with van der Waals surface area (Å²) in [4.78, 5) is 11.9. The molecule has 3 nitrogen and oxygen atoms in total. The van der Waals surface area contributed by atoms with Gasteiger partial charge in [-0.2, -0.15) is 13.2 Å². The van der Waals surface area contributed by atoms with Gasteiger partial charge in [-0.15, -0.1) is 0 Å². The maximum absolute atomic E-state index is 12.5. The van der Waals surface area contributed by atoms with Gasteiger partial charge < -0.3 is 10.6 Å². The van der Waals surface area contributed by atoms with Crippen LogP contribution >= 0.6 is 0 Å². The Morgan fingerprint density at radius 1 is 1.37 bits per heavy atom. The number of carbonyl (C=O) groups is 1. The van der Waals surface area contributed by atoms with Gasteiger partial charge in [-0.1, -0.05) is 6.07 Å². The zero-order chi connectivity index (χ0) is 13.9. The molecule has 2 N–H and O–H groups in total. The van der Waals surface area contributed by atoms with E-state index in [2.05, 4.69) is 10.6 Å². The van der Waals surface area contributed by atoms with E-state index in [4.69, 9.17) is 0 Å². The van der Waals surface area contributed by atoms with E-state index in [0.29, 0.717) is 6.54 Å². The van der Waals surface area contributed by atoms with E-state index < -0.39 is 11.7 Å². The summed E-state index contributed by atoms with van der Waals surface area (Å²) in [6.45, 7) is 1.46. The lowest BCUT2D eigenvalue weighted by Gasteiger charge is -2.22. The third kappa shape index (κ3) is 3.70. The van der Waals surface area contributed by atoms with E-state index in [1.807, 2.05) is 0 Å². The fraction of sp³-hybridized carbons (Fsp3) is 0.462. The van der Waals surface area contributed by atoms with Crippen LogP contribution in [0.4, 0.5) is 18.9 Å². The summed E-state index contributed by atoms with van der Waals surface area (Å²) in [6.07, 6.45) is -2.73. The van der Waals surface area contributed by atoms with E-state index in [9.17, 15) is 18.0 Å². The Morgan fingerprint density at radius 3 is 2.79 bits per heavy atom. The molecule has 0 radical (unpaired) electrons. The van der Waals surface area contributed by atoms with Crippen LogP contribution in [-0.4, -0.2) is 19.0 Å². The first-order valence-corrected chi connectivity index (χ1v) is 6.15. The number of benzene rings is 1. The standard InChI is InChI=1S/C13H15F3N2O/c14-13(15,16)10-4-1-5-11(7-10)18-12(19)9-3-2-6-17-8-9/h1,4-5,7,9,17H,2-3,6,8H2,(H,18,19)/t9-/m1/s1. The summed E-state index contributed by atoms with van der Waals surface area (Å²) in [5.41, 5.74) is -0.572. The molecule has 1 amide bonds. The van der Waals surface area contributed by atoms with Crippen LogP contribution in [0.5, 0.6) is 0 Å². The average molecular weight is 272 g/mol. The molecule has 1 atom stereocenters. The van der Waals surface area contributed by atoms with Crippen LogP contribution in [0.15, 0.2) is 24.3 Å². The number of rotatable bonds is 2. The van der Waals surface area contributed by atoms with E-state index in [1.54, 1.807) is 0 Å². The number of hydrogen-bond acceptors (Lipinski definition) is 2. The molecule has 19 heavy (non-hydrogen) atoms. The molecule has 0 unspecified atom stereocenters. The summed E-state index contributed by atoms with van der Waals surface area (Å²) in [5.74, 6) is -0.408. The van der Waals surface area contributed by atoms with E-state index in [1.165, 1.54) is 12.1 Å². The van der Waals surface area contributed by atoms with Gasteiger partial charge in [-0.05, 0) is 37.6 Å². The first-order chi connectivity index (χ1) is 8.97. The van der Waals surface area contributed by atoms with Gasteiger partial charge in [0, 0.05) is 12.2 Å². The molecule has 1 heterocycles. The first-order valence-electron chi connectivity index (χ1n) is 6.15. The number of carbonyl (C=O) groups excluding carboxylic acids is 1. The highest BCUT2D eigenvalue weighted by Gasteiger charge is 2.30. The quantitative estimate of drug-likeness (QED) is 0.869. The molecule has 0 bridgehead atoms. The monoisotopic (exact) mass is 272 g/mol. The van der Waals surface area contributed by atoms with Crippen molar-refractivity contribution in [3.05, 3.63) is 29.8 Å². The Hall–Kier alpha value is -1.56. The van der Waals surface area contributed by atoms with Gasteiger partial charge in [-0.25, -0.2) is 0 Å². The second-order valence-electron chi connectivity index (χ2n) is 4.61. The van der Waals surface area contributed by atoms with Crippen LogP contribution in [-0.2, 0) is 11.0 Å². The molecule has 1 aromatic rings. The molecule has 0 aliphatic carbocycles. The molecule has 0 aromatic heterocycles. The van der Waals surface area contributed by atoms with Crippen molar-refractivity contribution in [2.45, 2.75) is 19.0 Å². The zero-order valence-corrected chi connectivity index (χ0v) is 10.3. The molecule has 1 fully saturated rings. The predicted molar refractivity (Wildman–Crippen MR) is 65.7 cm³/mol. The lowest BCUT2D eigenvalue weighted by molar-refractivity contribution is -0.137. The number of alkyl halides is 3. The second kappa shape index (κ2) is 5.61. The highest BCUT2D eigenvalue weighted by atomic mass is 19.4. The Kier molecular flexibility index (Phi) is 4.09. The summed E-state index contributed by atoms with van der Waals surface area (Å²) in [7, 11) is 0. The molecule has 6 heteroatoms. The Morgan fingerprint density at radius 2 is 2.16 bits per heavy atom. The minimum absolute atomic E-state index is 0.178. The number of piperidine rings is 1. The van der Waals surface area contributed by atoms with Crippen molar-refractivity contribution < 1.29 is 18.0 Å². The van der Waals surface area contributed by atoms with E-state index >= 15 is 0 Å². The van der Waals surface area contributed by atoms with E-state index in [0.717, 1.165) is 31.5 Å². The maximum Gasteiger partial charge on any atom is 0.416 e. The summed E-state index contributed by atoms with van der Waals surface area (Å²) in [6, 6.07) is 4.69. The predicted octanol–water partition coefficient (Wildman–Crippen LogP) is 2.64. The van der Waals surface area contributed by atoms with Gasteiger partial charge in [-0.3, -0.25) is 4.79 Å². The Bertz CT molecular complexity index is 453. The summed E-state index contributed by atoms with van der Waals surface area (Å²) < 4.78 is 37.6. The van der Waals surface area contributed by atoms with Crippen LogP contribution in [0.25, 0.3) is 0 Å². The summed E-state index contributed by atoms with van der Waals surface area (Å²) >= 11 is 0. The maximum atomic E-state index is 12.5. The molecule has 1 aromatic carbocycles. The van der Waals surface area contributed by atoms with Crippen molar-refractivity contribution in [3.63, 3.8) is 0 Å². The fourth-order valence-electron chi connectivity index (χ4n) is 2.09. The summed E-state index contributed by atoms with van der Waals surface area (Å²) in [5, 5.41) is 5.64. The topological polar surface area (TPSA) is 41.1 Å². The van der Waals surface area contributed by atoms with Gasteiger partial charge in [0.05, 0.1) is 11.5 Å². The number of nitrogens with one attached hydrogen (secondary N) is 2. The Labute approximate surface area is 109 Å². The molecule has 0 spiro atoms. The van der Waals surface area contributed by atoms with Crippen LogP contribution in [0, 0.1) is 5.92 Å². The van der Waals surface area contributed by atoms with Crippen LogP contribution < -0.4 is 10.6 Å². The number of hydrogen-bond donors (Lipinski definition) is 2. The van der Waals surface area contributed by atoms with Crippen molar-refractivity contribution in [1.29, 1.82) is 0 Å². The lowest BCUT2D eigenvalue weighted by Crippen LogP contribution is -2.37. The fourth-order valence-corrected chi connectivity index (χ4v) is 2.09. The SMILES string of the molecule is O=C(Nc1cccc(C(F)(F)F)c1)[C@@H]1CCCNC1. The number of amides is 1. The van der Waals surface area contributed by atoms with Crippen molar-refractivity contribution in [3.8, 4) is 0 Å². The average Bonchev–Trinajstić information content (AvgIpc) is 2.39. The number of halogens is 3. The highest BCUT2D eigenvalue weighted by molar-refractivity contribution is 5.92. The molecule has 1 saturated heterocycles. The lowest BCUT2D eigenvalue weighted by atomic mass is 9.99. The van der Waals surface area contributed by atoms with Gasteiger partial charge in [0.15, 0.2) is 0 Å². The van der Waals surface area contributed by atoms with Crippen molar-refractivity contribution in [2.24, 2.45) is 5.92 Å². The van der Waals surface area contributed by atoms with Gasteiger partial charge in [0.1, 0.15) is 0 Å².